The molecule has 4 nitrogen and oxygen atoms in total. The van der Waals surface area contributed by atoms with Gasteiger partial charge in [0.15, 0.2) is 0 Å². The standard InChI is InChI=1S/C18H15Cl2NO3/c1-21(9-11-3-2-4-15(19)18(11)20)17(23)7-12-10-24-16-8-13(22)5-6-14(12)16/h2-6,8,10,22H,7,9H2,1H3. The van der Waals surface area contributed by atoms with Crippen LogP contribution in [-0.2, 0) is 17.8 Å². The SMILES string of the molecule is CN(Cc1cccc(Cl)c1Cl)C(=O)Cc1coc2cc(O)ccc12. The number of phenolic OH excluding ortho intramolecular Hbond substituents is 1. The molecule has 0 aliphatic rings. The molecule has 2 aromatic carbocycles. The van der Waals surface area contributed by atoms with E-state index in [-0.39, 0.29) is 18.1 Å². The number of likely N-dealkylation sites (N-methyl/N-ethyl adjacent to an activating group) is 1. The Morgan fingerprint density at radius 3 is 2.79 bits per heavy atom. The van der Waals surface area contributed by atoms with Gasteiger partial charge >= 0.3 is 0 Å². The van der Waals surface area contributed by atoms with Crippen molar-refractivity contribution in [3.63, 3.8) is 0 Å². The fraction of sp³-hybridized carbons (Fsp3) is 0.167. The molecule has 1 aromatic heterocycles. The molecule has 0 bridgehead atoms. The highest BCUT2D eigenvalue weighted by atomic mass is 35.5. The minimum atomic E-state index is -0.0678. The summed E-state index contributed by atoms with van der Waals surface area (Å²) in [6, 6.07) is 10.2. The third kappa shape index (κ3) is 3.35. The van der Waals surface area contributed by atoms with Crippen molar-refractivity contribution in [1.82, 2.24) is 4.90 Å². The number of benzene rings is 2. The number of carbonyl (C=O) groups is 1. The largest absolute Gasteiger partial charge is 0.508 e. The zero-order valence-corrected chi connectivity index (χ0v) is 14.4. The number of nitrogens with zero attached hydrogens (tertiary/aromatic N) is 1. The molecular weight excluding hydrogens is 349 g/mol. The van der Waals surface area contributed by atoms with Crippen LogP contribution in [0.3, 0.4) is 0 Å². The maximum atomic E-state index is 12.5. The highest BCUT2D eigenvalue weighted by molar-refractivity contribution is 6.42. The van der Waals surface area contributed by atoms with E-state index < -0.39 is 0 Å². The average Bonchev–Trinajstić information content (AvgIpc) is 2.93. The number of rotatable bonds is 4. The van der Waals surface area contributed by atoms with E-state index in [0.29, 0.717) is 22.2 Å². The number of carbonyl (C=O) groups excluding carboxylic acids is 1. The van der Waals surface area contributed by atoms with E-state index in [1.807, 2.05) is 6.07 Å². The van der Waals surface area contributed by atoms with Gasteiger partial charge in [-0.25, -0.2) is 0 Å². The second-order valence-electron chi connectivity index (χ2n) is 5.58. The highest BCUT2D eigenvalue weighted by Crippen LogP contribution is 2.27. The minimum absolute atomic E-state index is 0.0678. The second kappa shape index (κ2) is 6.75. The van der Waals surface area contributed by atoms with Gasteiger partial charge in [0.25, 0.3) is 0 Å². The topological polar surface area (TPSA) is 53.7 Å². The number of fused-ring (bicyclic) bond motifs is 1. The third-order valence-electron chi connectivity index (χ3n) is 3.85. The van der Waals surface area contributed by atoms with Gasteiger partial charge in [-0.15, -0.1) is 0 Å². The Bertz CT molecular complexity index is 904. The first-order valence-electron chi connectivity index (χ1n) is 7.31. The lowest BCUT2D eigenvalue weighted by Crippen LogP contribution is -2.27. The van der Waals surface area contributed by atoms with Crippen LogP contribution in [0.2, 0.25) is 10.0 Å². The second-order valence-corrected chi connectivity index (χ2v) is 6.37. The Morgan fingerprint density at radius 2 is 2.00 bits per heavy atom. The summed E-state index contributed by atoms with van der Waals surface area (Å²) in [5.74, 6) is 0.0595. The number of halogens is 2. The van der Waals surface area contributed by atoms with Crippen LogP contribution in [0.25, 0.3) is 11.0 Å². The van der Waals surface area contributed by atoms with Crippen molar-refractivity contribution in [2.75, 3.05) is 7.05 Å². The molecule has 0 aliphatic heterocycles. The molecule has 0 spiro atoms. The van der Waals surface area contributed by atoms with E-state index in [0.717, 1.165) is 16.5 Å². The van der Waals surface area contributed by atoms with Gasteiger partial charge in [-0.05, 0) is 23.8 Å². The van der Waals surface area contributed by atoms with E-state index >= 15 is 0 Å². The summed E-state index contributed by atoms with van der Waals surface area (Å²) in [5, 5.41) is 11.2. The lowest BCUT2D eigenvalue weighted by atomic mass is 10.1. The molecule has 124 valence electrons. The first kappa shape index (κ1) is 16.7. The number of furan rings is 1. The van der Waals surface area contributed by atoms with Crippen LogP contribution in [0.15, 0.2) is 47.1 Å². The van der Waals surface area contributed by atoms with Crippen LogP contribution < -0.4 is 0 Å². The predicted molar refractivity (Wildman–Crippen MR) is 94.5 cm³/mol. The van der Waals surface area contributed by atoms with Crippen molar-refractivity contribution < 1.29 is 14.3 Å². The Hall–Kier alpha value is -2.17. The monoisotopic (exact) mass is 363 g/mol. The molecule has 24 heavy (non-hydrogen) atoms. The van der Waals surface area contributed by atoms with Crippen LogP contribution in [0.1, 0.15) is 11.1 Å². The van der Waals surface area contributed by atoms with Gasteiger partial charge in [0.1, 0.15) is 11.3 Å². The zero-order chi connectivity index (χ0) is 17.3. The van der Waals surface area contributed by atoms with Crippen molar-refractivity contribution >= 4 is 40.1 Å². The molecule has 0 fully saturated rings. The number of amides is 1. The van der Waals surface area contributed by atoms with Gasteiger partial charge < -0.3 is 14.4 Å². The third-order valence-corrected chi connectivity index (χ3v) is 4.70. The Morgan fingerprint density at radius 1 is 1.21 bits per heavy atom. The highest BCUT2D eigenvalue weighted by Gasteiger charge is 2.16. The van der Waals surface area contributed by atoms with Gasteiger partial charge in [0.05, 0.1) is 22.7 Å². The van der Waals surface area contributed by atoms with Crippen LogP contribution in [-0.4, -0.2) is 23.0 Å². The Kier molecular flexibility index (Phi) is 4.69. The Labute approximate surface area is 149 Å². The summed E-state index contributed by atoms with van der Waals surface area (Å²) in [7, 11) is 1.72. The molecule has 0 unspecified atom stereocenters. The number of hydrogen-bond donors (Lipinski definition) is 1. The van der Waals surface area contributed by atoms with E-state index in [4.69, 9.17) is 27.6 Å². The average molecular weight is 364 g/mol. The molecule has 1 heterocycles. The number of hydrogen-bond acceptors (Lipinski definition) is 3. The summed E-state index contributed by atoms with van der Waals surface area (Å²) >= 11 is 12.2. The van der Waals surface area contributed by atoms with Crippen LogP contribution in [0, 0.1) is 0 Å². The van der Waals surface area contributed by atoms with E-state index in [9.17, 15) is 9.90 Å². The van der Waals surface area contributed by atoms with Crippen molar-refractivity contribution in [2.45, 2.75) is 13.0 Å². The molecule has 0 saturated carbocycles. The van der Waals surface area contributed by atoms with Crippen molar-refractivity contribution in [1.29, 1.82) is 0 Å². The summed E-state index contributed by atoms with van der Waals surface area (Å²) in [6.45, 7) is 0.370. The first-order valence-corrected chi connectivity index (χ1v) is 8.07. The summed E-state index contributed by atoms with van der Waals surface area (Å²) in [4.78, 5) is 14.1. The molecular formula is C18H15Cl2NO3. The summed E-state index contributed by atoms with van der Waals surface area (Å²) < 4.78 is 5.39. The molecule has 0 radical (unpaired) electrons. The first-order chi connectivity index (χ1) is 11.5. The molecule has 1 N–H and O–H groups in total. The molecule has 3 aromatic rings. The molecule has 0 aliphatic carbocycles. The quantitative estimate of drug-likeness (QED) is 0.733. The van der Waals surface area contributed by atoms with Gasteiger partial charge in [-0.3, -0.25) is 4.79 Å². The molecule has 0 atom stereocenters. The van der Waals surface area contributed by atoms with Gasteiger partial charge in [0, 0.05) is 30.6 Å². The van der Waals surface area contributed by atoms with Gasteiger partial charge in [-0.2, -0.15) is 0 Å². The predicted octanol–water partition coefficient (Wildman–Crippen LogP) is 4.65. The maximum Gasteiger partial charge on any atom is 0.227 e. The van der Waals surface area contributed by atoms with E-state index in [1.54, 1.807) is 42.5 Å². The number of phenols is 1. The fourth-order valence-electron chi connectivity index (χ4n) is 2.52. The van der Waals surface area contributed by atoms with Crippen molar-refractivity contribution in [3.05, 3.63) is 63.8 Å². The van der Waals surface area contributed by atoms with Crippen molar-refractivity contribution in [3.8, 4) is 5.75 Å². The van der Waals surface area contributed by atoms with Crippen LogP contribution >= 0.6 is 23.2 Å². The minimum Gasteiger partial charge on any atom is -0.508 e. The normalized spacial score (nSPS) is 11.0. The zero-order valence-electron chi connectivity index (χ0n) is 12.9. The van der Waals surface area contributed by atoms with Crippen LogP contribution in [0.4, 0.5) is 0 Å². The smallest absolute Gasteiger partial charge is 0.227 e. The van der Waals surface area contributed by atoms with Gasteiger partial charge in [0.2, 0.25) is 5.91 Å². The summed E-state index contributed by atoms with van der Waals surface area (Å²) in [5.41, 5.74) is 2.12. The van der Waals surface area contributed by atoms with E-state index in [2.05, 4.69) is 0 Å². The molecule has 0 saturated heterocycles. The lowest BCUT2D eigenvalue weighted by molar-refractivity contribution is -0.129. The Balaban J connectivity index is 1.75. The fourth-order valence-corrected chi connectivity index (χ4v) is 2.90. The van der Waals surface area contributed by atoms with Crippen LogP contribution in [0.5, 0.6) is 5.75 Å². The molecule has 1 amide bonds. The van der Waals surface area contributed by atoms with E-state index in [1.165, 1.54) is 6.07 Å². The molecule has 6 heteroatoms. The number of aromatic hydroxyl groups is 1. The molecule has 3 rings (SSSR count). The summed E-state index contributed by atoms with van der Waals surface area (Å²) in [6.07, 6.45) is 1.74. The maximum absolute atomic E-state index is 12.5. The van der Waals surface area contributed by atoms with Gasteiger partial charge in [-0.1, -0.05) is 35.3 Å². The van der Waals surface area contributed by atoms with Crippen molar-refractivity contribution in [2.24, 2.45) is 0 Å². The lowest BCUT2D eigenvalue weighted by Gasteiger charge is -2.18.